The van der Waals surface area contributed by atoms with Gasteiger partial charge in [0.1, 0.15) is 18.8 Å². The molecule has 0 saturated carbocycles. The molecule has 0 radical (unpaired) electrons. The van der Waals surface area contributed by atoms with E-state index in [2.05, 4.69) is 0 Å². The lowest BCUT2D eigenvalue weighted by Crippen LogP contribution is -2.37. The Bertz CT molecular complexity index is 825. The van der Waals surface area contributed by atoms with Crippen LogP contribution in [0.3, 0.4) is 0 Å². The van der Waals surface area contributed by atoms with Gasteiger partial charge in [-0.1, -0.05) is 39.7 Å². The van der Waals surface area contributed by atoms with Gasteiger partial charge in [0.05, 0.1) is 6.61 Å². The number of nitrogens with two attached hydrogens (primary N) is 1. The van der Waals surface area contributed by atoms with Crippen molar-refractivity contribution in [2.75, 3.05) is 13.2 Å². The number of hydrogen-bond acceptors (Lipinski definition) is 10. The maximum absolute atomic E-state index is 12.3. The van der Waals surface area contributed by atoms with Crippen molar-refractivity contribution < 1.29 is 42.9 Å². The van der Waals surface area contributed by atoms with Crippen molar-refractivity contribution in [2.45, 2.75) is 78.4 Å². The van der Waals surface area contributed by atoms with Crippen LogP contribution in [0.2, 0.25) is 0 Å². The first-order valence-corrected chi connectivity index (χ1v) is 11.5. The Morgan fingerprint density at radius 3 is 2.18 bits per heavy atom. The van der Waals surface area contributed by atoms with E-state index in [1.807, 2.05) is 6.92 Å². The average molecular weight is 482 g/mol. The summed E-state index contributed by atoms with van der Waals surface area (Å²) >= 11 is 0. The summed E-state index contributed by atoms with van der Waals surface area (Å²) in [5, 5.41) is 0. The molecule has 0 unspecified atom stereocenters. The topological polar surface area (TPSA) is 140 Å². The molecule has 1 aromatic rings. The van der Waals surface area contributed by atoms with Crippen LogP contribution in [-0.2, 0) is 35.0 Å². The molecule has 0 aromatic heterocycles. The van der Waals surface area contributed by atoms with E-state index >= 15 is 0 Å². The Morgan fingerprint density at radius 1 is 0.912 bits per heavy atom. The molecule has 0 bridgehead atoms. The minimum Gasteiger partial charge on any atom is -0.458 e. The van der Waals surface area contributed by atoms with E-state index in [-0.39, 0.29) is 44.0 Å². The molecule has 190 valence electrons. The number of hydrogen-bond donors (Lipinski definition) is 1. The summed E-state index contributed by atoms with van der Waals surface area (Å²) < 4.78 is 25.5. The fourth-order valence-corrected chi connectivity index (χ4v) is 2.62. The van der Waals surface area contributed by atoms with Gasteiger partial charge in [-0.15, -0.1) is 0 Å². The fraction of sp³-hybridized carbons (Fsp3) is 0.583. The minimum atomic E-state index is -1.03. The molecule has 2 atom stereocenters. The molecule has 34 heavy (non-hydrogen) atoms. The first-order valence-electron chi connectivity index (χ1n) is 11.5. The quantitative estimate of drug-likeness (QED) is 0.238. The standard InChI is InChI=1S/C24H35NO9/c1-5-8-9-12-30-24(29)31-15-16(4)32-23(28)18(25)13-17-10-11-19(33-21(26)6-2)20(14-17)34-22(27)7-3/h10-11,14,16,18H,5-9,12-13,15,25H2,1-4H3/t16-,18-/m0/s1. The van der Waals surface area contributed by atoms with E-state index in [4.69, 9.17) is 29.4 Å². The Hall–Kier alpha value is -3.14. The molecular weight excluding hydrogens is 446 g/mol. The molecule has 1 rings (SSSR count). The number of ether oxygens (including phenoxy) is 5. The second-order valence-electron chi connectivity index (χ2n) is 7.61. The first kappa shape index (κ1) is 28.9. The highest BCUT2D eigenvalue weighted by molar-refractivity contribution is 5.77. The van der Waals surface area contributed by atoms with Crippen LogP contribution in [0.5, 0.6) is 11.5 Å². The SMILES string of the molecule is CCCCCOC(=O)OC[C@H](C)OC(=O)[C@@H](N)Cc1ccc(OC(=O)CC)c(OC(=O)CC)c1. The maximum atomic E-state index is 12.3. The van der Waals surface area contributed by atoms with Crippen LogP contribution in [0.15, 0.2) is 18.2 Å². The third kappa shape index (κ3) is 11.1. The van der Waals surface area contributed by atoms with Gasteiger partial charge in [0, 0.05) is 12.8 Å². The molecule has 0 saturated heterocycles. The molecule has 1 aromatic carbocycles. The number of carbonyl (C=O) groups excluding carboxylic acids is 4. The lowest BCUT2D eigenvalue weighted by atomic mass is 10.1. The van der Waals surface area contributed by atoms with Gasteiger partial charge >= 0.3 is 24.1 Å². The van der Waals surface area contributed by atoms with Gasteiger partial charge in [-0.2, -0.15) is 0 Å². The molecular formula is C24H35NO9. The lowest BCUT2D eigenvalue weighted by molar-refractivity contribution is -0.152. The van der Waals surface area contributed by atoms with Gasteiger partial charge < -0.3 is 29.4 Å². The molecule has 0 aliphatic carbocycles. The predicted molar refractivity (Wildman–Crippen MR) is 122 cm³/mol. The Labute approximate surface area is 200 Å². The highest BCUT2D eigenvalue weighted by Gasteiger charge is 2.21. The van der Waals surface area contributed by atoms with Crippen molar-refractivity contribution in [3.05, 3.63) is 23.8 Å². The number of unbranched alkanes of at least 4 members (excludes halogenated alkanes) is 2. The highest BCUT2D eigenvalue weighted by Crippen LogP contribution is 2.30. The van der Waals surface area contributed by atoms with E-state index in [0.717, 1.165) is 19.3 Å². The summed E-state index contributed by atoms with van der Waals surface area (Å²) in [6, 6.07) is 3.54. The van der Waals surface area contributed by atoms with Crippen molar-refractivity contribution in [3.63, 3.8) is 0 Å². The molecule has 0 amide bonds. The molecule has 10 heteroatoms. The summed E-state index contributed by atoms with van der Waals surface area (Å²) in [5.74, 6) is -1.52. The third-order valence-electron chi connectivity index (χ3n) is 4.51. The lowest BCUT2D eigenvalue weighted by Gasteiger charge is -2.17. The molecule has 10 nitrogen and oxygen atoms in total. The maximum Gasteiger partial charge on any atom is 0.508 e. The van der Waals surface area contributed by atoms with E-state index < -0.39 is 36.2 Å². The zero-order valence-electron chi connectivity index (χ0n) is 20.3. The van der Waals surface area contributed by atoms with Crippen molar-refractivity contribution in [3.8, 4) is 11.5 Å². The molecule has 0 spiro atoms. The van der Waals surface area contributed by atoms with E-state index in [9.17, 15) is 19.2 Å². The highest BCUT2D eigenvalue weighted by atomic mass is 16.7. The van der Waals surface area contributed by atoms with Crippen molar-refractivity contribution in [2.24, 2.45) is 5.73 Å². The summed E-state index contributed by atoms with van der Waals surface area (Å²) in [7, 11) is 0. The molecule has 0 heterocycles. The predicted octanol–water partition coefficient (Wildman–Crippen LogP) is 3.46. The largest absolute Gasteiger partial charge is 0.508 e. The molecule has 0 aliphatic heterocycles. The Morgan fingerprint density at radius 2 is 1.56 bits per heavy atom. The molecule has 0 aliphatic rings. The van der Waals surface area contributed by atoms with Gasteiger partial charge in [-0.25, -0.2) is 4.79 Å². The zero-order chi connectivity index (χ0) is 25.5. The number of rotatable bonds is 14. The molecule has 2 N–H and O–H groups in total. The van der Waals surface area contributed by atoms with Crippen LogP contribution < -0.4 is 15.2 Å². The Kier molecular flexibility index (Phi) is 13.3. The van der Waals surface area contributed by atoms with Gasteiger partial charge in [-0.3, -0.25) is 14.4 Å². The van der Waals surface area contributed by atoms with Crippen LogP contribution in [-0.4, -0.2) is 49.4 Å². The molecule has 0 fully saturated rings. The Balaban J connectivity index is 2.64. The van der Waals surface area contributed by atoms with Gasteiger partial charge in [0.25, 0.3) is 0 Å². The number of benzene rings is 1. The number of carbonyl (C=O) groups is 4. The second kappa shape index (κ2) is 15.7. The average Bonchev–Trinajstić information content (AvgIpc) is 2.81. The minimum absolute atomic E-state index is 0.0611. The number of esters is 3. The van der Waals surface area contributed by atoms with Crippen molar-refractivity contribution in [1.82, 2.24) is 0 Å². The van der Waals surface area contributed by atoms with Crippen LogP contribution in [0, 0.1) is 0 Å². The van der Waals surface area contributed by atoms with Crippen LogP contribution in [0.25, 0.3) is 0 Å². The van der Waals surface area contributed by atoms with E-state index in [0.29, 0.717) is 5.56 Å². The summed E-state index contributed by atoms with van der Waals surface area (Å²) in [6.07, 6.45) is 1.53. The van der Waals surface area contributed by atoms with E-state index in [1.165, 1.54) is 12.1 Å². The van der Waals surface area contributed by atoms with Crippen molar-refractivity contribution in [1.29, 1.82) is 0 Å². The zero-order valence-corrected chi connectivity index (χ0v) is 20.3. The summed E-state index contributed by atoms with van der Waals surface area (Å²) in [5.41, 5.74) is 6.53. The third-order valence-corrected chi connectivity index (χ3v) is 4.51. The van der Waals surface area contributed by atoms with Crippen LogP contribution in [0.4, 0.5) is 4.79 Å². The fourth-order valence-electron chi connectivity index (χ4n) is 2.62. The normalized spacial score (nSPS) is 12.3. The van der Waals surface area contributed by atoms with E-state index in [1.54, 1.807) is 26.8 Å². The second-order valence-corrected chi connectivity index (χ2v) is 7.61. The van der Waals surface area contributed by atoms with Gasteiger partial charge in [-0.05, 0) is 37.5 Å². The summed E-state index contributed by atoms with van der Waals surface area (Å²) in [4.78, 5) is 47.2. The van der Waals surface area contributed by atoms with Gasteiger partial charge in [0.2, 0.25) is 0 Å². The van der Waals surface area contributed by atoms with Gasteiger partial charge in [0.15, 0.2) is 11.5 Å². The van der Waals surface area contributed by atoms with Crippen LogP contribution in [0.1, 0.15) is 65.4 Å². The van der Waals surface area contributed by atoms with Crippen LogP contribution >= 0.6 is 0 Å². The smallest absolute Gasteiger partial charge is 0.458 e. The first-order chi connectivity index (χ1) is 16.2. The van der Waals surface area contributed by atoms with Crippen molar-refractivity contribution >= 4 is 24.1 Å². The summed E-state index contributed by atoms with van der Waals surface area (Å²) in [6.45, 7) is 6.98. The monoisotopic (exact) mass is 481 g/mol.